The average Bonchev–Trinajstić information content (AvgIpc) is 3.05. The maximum atomic E-state index is 12.7. The molecule has 170 valence electrons. The van der Waals surface area contributed by atoms with E-state index in [0.29, 0.717) is 17.7 Å². The van der Waals surface area contributed by atoms with Crippen molar-refractivity contribution >= 4 is 57.8 Å². The normalized spacial score (nSPS) is 15.4. The Morgan fingerprint density at radius 2 is 1.94 bits per heavy atom. The highest BCUT2D eigenvalue weighted by Gasteiger charge is 2.34. The molecule has 2 aromatic carbocycles. The fourth-order valence-corrected chi connectivity index (χ4v) is 4.00. The van der Waals surface area contributed by atoms with Crippen LogP contribution in [-0.4, -0.2) is 43.2 Å². The lowest BCUT2D eigenvalue weighted by Gasteiger charge is -2.15. The minimum atomic E-state index is -1.06. The summed E-state index contributed by atoms with van der Waals surface area (Å²) in [6, 6.07) is 11.8. The molecule has 1 unspecified atom stereocenters. The van der Waals surface area contributed by atoms with Gasteiger partial charge in [-0.15, -0.1) is 0 Å². The number of nitrogens with one attached hydrogen (secondary N) is 1. The van der Waals surface area contributed by atoms with Gasteiger partial charge in [0.05, 0.1) is 9.83 Å². The van der Waals surface area contributed by atoms with Crippen LogP contribution in [0.2, 0.25) is 0 Å². The molecule has 12 heteroatoms. The van der Waals surface area contributed by atoms with Crippen LogP contribution in [0.3, 0.4) is 0 Å². The summed E-state index contributed by atoms with van der Waals surface area (Å²) in [6.45, 7) is 1.70. The number of nitro benzene ring substituents is 1. The number of thioether (sulfide) groups is 1. The third kappa shape index (κ3) is 5.54. The highest BCUT2D eigenvalue weighted by molar-refractivity contribution is 8.26. The van der Waals surface area contributed by atoms with Gasteiger partial charge >= 0.3 is 5.97 Å². The summed E-state index contributed by atoms with van der Waals surface area (Å²) in [4.78, 5) is 47.1. The maximum absolute atomic E-state index is 12.7. The summed E-state index contributed by atoms with van der Waals surface area (Å²) in [7, 11) is 0. The number of amides is 2. The van der Waals surface area contributed by atoms with Crippen molar-refractivity contribution in [3.05, 3.63) is 74.7 Å². The van der Waals surface area contributed by atoms with Crippen molar-refractivity contribution in [3.63, 3.8) is 0 Å². The van der Waals surface area contributed by atoms with E-state index in [2.05, 4.69) is 5.43 Å². The van der Waals surface area contributed by atoms with E-state index in [1.54, 1.807) is 37.3 Å². The number of rotatable bonds is 8. The van der Waals surface area contributed by atoms with Crippen LogP contribution in [0.4, 0.5) is 5.69 Å². The molecule has 1 fully saturated rings. The van der Waals surface area contributed by atoms with E-state index in [-0.39, 0.29) is 14.8 Å². The summed E-state index contributed by atoms with van der Waals surface area (Å²) < 4.78 is 5.46. The first kappa shape index (κ1) is 23.9. The van der Waals surface area contributed by atoms with Gasteiger partial charge < -0.3 is 9.84 Å². The number of nitro groups is 1. The summed E-state index contributed by atoms with van der Waals surface area (Å²) in [5.41, 5.74) is 2.33. The van der Waals surface area contributed by atoms with Gasteiger partial charge in [0, 0.05) is 6.07 Å². The number of ether oxygens (including phenoxy) is 1. The topological polar surface area (TPSA) is 139 Å². The monoisotopic (exact) mass is 487 g/mol. The minimum Gasteiger partial charge on any atom is -0.479 e. The quantitative estimate of drug-likeness (QED) is 0.248. The second-order valence-corrected chi connectivity index (χ2v) is 8.33. The Bertz CT molecular complexity index is 1160. The van der Waals surface area contributed by atoms with Crippen molar-refractivity contribution in [2.75, 3.05) is 0 Å². The lowest BCUT2D eigenvalue weighted by molar-refractivity contribution is -0.385. The van der Waals surface area contributed by atoms with E-state index in [4.69, 9.17) is 22.1 Å². The minimum absolute atomic E-state index is 0.0605. The summed E-state index contributed by atoms with van der Waals surface area (Å²) in [5.74, 6) is -2.13. The molecule has 1 aliphatic heterocycles. The van der Waals surface area contributed by atoms with Crippen LogP contribution in [0.5, 0.6) is 5.75 Å². The van der Waals surface area contributed by atoms with Gasteiger partial charge in [-0.25, -0.2) is 4.79 Å². The first-order valence-electron chi connectivity index (χ1n) is 9.53. The Balaban J connectivity index is 1.73. The van der Waals surface area contributed by atoms with Gasteiger partial charge in [-0.2, -0.15) is 5.01 Å². The number of thiocarbonyl (C=S) groups is 1. The number of hydrogen-bond donors (Lipinski definition) is 2. The van der Waals surface area contributed by atoms with Crippen LogP contribution in [0.25, 0.3) is 6.08 Å². The zero-order chi connectivity index (χ0) is 24.1. The molecule has 0 aliphatic carbocycles. The third-order valence-corrected chi connectivity index (χ3v) is 5.76. The Morgan fingerprint density at radius 3 is 2.55 bits per heavy atom. The summed E-state index contributed by atoms with van der Waals surface area (Å²) in [6.07, 6.45) is 0.891. The molecule has 2 amide bonds. The van der Waals surface area contributed by atoms with E-state index < -0.39 is 34.5 Å². The van der Waals surface area contributed by atoms with E-state index in [1.807, 2.05) is 0 Å². The number of aliphatic carboxylic acids is 1. The highest BCUT2D eigenvalue weighted by atomic mass is 32.2. The molecule has 3 rings (SSSR count). The molecule has 1 saturated heterocycles. The fourth-order valence-electron chi connectivity index (χ4n) is 2.82. The molecule has 10 nitrogen and oxygen atoms in total. The lowest BCUT2D eigenvalue weighted by Crippen LogP contribution is -2.45. The Kier molecular flexibility index (Phi) is 7.41. The number of carboxylic acids is 1. The van der Waals surface area contributed by atoms with Gasteiger partial charge in [0.15, 0.2) is 10.4 Å². The van der Waals surface area contributed by atoms with Crippen molar-refractivity contribution in [1.29, 1.82) is 0 Å². The molecule has 0 bridgehead atoms. The van der Waals surface area contributed by atoms with Crippen LogP contribution in [0, 0.1) is 10.1 Å². The van der Waals surface area contributed by atoms with Gasteiger partial charge in [-0.1, -0.05) is 43.0 Å². The molecular formula is C21H17N3O7S2. The van der Waals surface area contributed by atoms with Gasteiger partial charge in [0.25, 0.3) is 17.5 Å². The predicted molar refractivity (Wildman–Crippen MR) is 124 cm³/mol. The molecule has 0 radical (unpaired) electrons. The van der Waals surface area contributed by atoms with Gasteiger partial charge in [0.2, 0.25) is 0 Å². The first-order chi connectivity index (χ1) is 15.7. The van der Waals surface area contributed by atoms with Crippen molar-refractivity contribution < 1.29 is 29.2 Å². The summed E-state index contributed by atoms with van der Waals surface area (Å²) >= 11 is 6.13. The van der Waals surface area contributed by atoms with Gasteiger partial charge in [0.1, 0.15) is 11.3 Å². The Morgan fingerprint density at radius 1 is 1.27 bits per heavy atom. The number of benzene rings is 2. The fraction of sp³-hybridized carbons (Fsp3) is 0.143. The smallest absolute Gasteiger partial charge is 0.344 e. The number of nitrogens with zero attached hydrogens (tertiary/aromatic N) is 2. The number of para-hydroxylation sites is 1. The molecule has 0 spiro atoms. The van der Waals surface area contributed by atoms with E-state index >= 15 is 0 Å². The largest absolute Gasteiger partial charge is 0.479 e. The average molecular weight is 488 g/mol. The molecule has 2 aromatic rings. The number of hydrazine groups is 1. The molecule has 2 N–H and O–H groups in total. The van der Waals surface area contributed by atoms with Crippen LogP contribution < -0.4 is 10.2 Å². The molecule has 0 saturated carbocycles. The predicted octanol–water partition coefficient (Wildman–Crippen LogP) is 3.38. The van der Waals surface area contributed by atoms with Crippen LogP contribution in [0.1, 0.15) is 29.3 Å². The number of carbonyl (C=O) groups is 3. The van der Waals surface area contributed by atoms with Crippen molar-refractivity contribution in [3.8, 4) is 5.75 Å². The number of hydrogen-bond acceptors (Lipinski definition) is 8. The first-order valence-corrected chi connectivity index (χ1v) is 10.8. The van der Waals surface area contributed by atoms with Crippen molar-refractivity contribution in [2.45, 2.75) is 19.4 Å². The zero-order valence-electron chi connectivity index (χ0n) is 17.1. The van der Waals surface area contributed by atoms with Crippen molar-refractivity contribution in [2.24, 2.45) is 0 Å². The van der Waals surface area contributed by atoms with Crippen LogP contribution >= 0.6 is 24.0 Å². The molecule has 0 aromatic heterocycles. The number of carbonyl (C=O) groups excluding carboxylic acids is 2. The highest BCUT2D eigenvalue weighted by Crippen LogP contribution is 2.32. The van der Waals surface area contributed by atoms with Gasteiger partial charge in [-0.05, 0) is 48.5 Å². The second-order valence-electron chi connectivity index (χ2n) is 6.65. The Labute approximate surface area is 197 Å². The maximum Gasteiger partial charge on any atom is 0.344 e. The molecule has 1 heterocycles. The van der Waals surface area contributed by atoms with Crippen molar-refractivity contribution in [1.82, 2.24) is 10.4 Å². The Hall–Kier alpha value is -3.77. The number of carboxylic acid groups (broad SMARTS) is 1. The SMILES string of the molecule is CCC(Oc1ccc(/C=C2/SC(=S)N(NC(=O)c3ccccc3[N+](=O)[O-])C2=O)cc1)C(=O)O. The standard InChI is InChI=1S/C21H17N3O7S2/c1-2-16(20(27)28)31-13-9-7-12(8-10-13)11-17-19(26)23(21(32)33-17)22-18(25)14-5-3-4-6-15(14)24(29)30/h3-11,16H,2H2,1H3,(H,22,25)(H,27,28)/b17-11+. The van der Waals surface area contributed by atoms with Gasteiger partial charge in [-0.3, -0.25) is 25.1 Å². The molecule has 1 aliphatic rings. The molecule has 1 atom stereocenters. The third-order valence-electron chi connectivity index (χ3n) is 4.45. The van der Waals surface area contributed by atoms with E-state index in [0.717, 1.165) is 16.8 Å². The zero-order valence-corrected chi connectivity index (χ0v) is 18.7. The lowest BCUT2D eigenvalue weighted by atomic mass is 10.2. The van der Waals surface area contributed by atoms with Crippen LogP contribution in [-0.2, 0) is 9.59 Å². The van der Waals surface area contributed by atoms with E-state index in [1.165, 1.54) is 24.3 Å². The summed E-state index contributed by atoms with van der Waals surface area (Å²) in [5, 5.41) is 21.1. The van der Waals surface area contributed by atoms with E-state index in [9.17, 15) is 24.5 Å². The van der Waals surface area contributed by atoms with Crippen LogP contribution in [0.15, 0.2) is 53.4 Å². The molecule has 33 heavy (non-hydrogen) atoms. The molecular weight excluding hydrogens is 470 g/mol. The second kappa shape index (κ2) is 10.2.